The molecule has 158 valence electrons. The molecule has 30 heavy (non-hydrogen) atoms. The van der Waals surface area contributed by atoms with Gasteiger partial charge < -0.3 is 4.74 Å². The van der Waals surface area contributed by atoms with E-state index in [1.54, 1.807) is 12.1 Å². The number of sulfonamides is 1. The zero-order chi connectivity index (χ0) is 21.7. The van der Waals surface area contributed by atoms with Crippen LogP contribution in [0.25, 0.3) is 0 Å². The van der Waals surface area contributed by atoms with Gasteiger partial charge in [0.2, 0.25) is 0 Å². The fourth-order valence-corrected chi connectivity index (χ4v) is 4.09. The minimum atomic E-state index is -4.05. The number of aromatic nitrogens is 4. The molecule has 0 radical (unpaired) electrons. The number of para-hydroxylation sites is 1. The molecule has 0 aliphatic carbocycles. The number of tetrazole rings is 1. The van der Waals surface area contributed by atoms with Crippen LogP contribution in [0, 0.1) is 12.7 Å². The minimum absolute atomic E-state index is 0.0235. The molecule has 0 unspecified atom stereocenters. The van der Waals surface area contributed by atoms with E-state index in [1.165, 1.54) is 29.8 Å². The molecular weight excluding hydrogens is 413 g/mol. The molecule has 0 atom stereocenters. The highest BCUT2D eigenvalue weighted by Crippen LogP contribution is 2.23. The van der Waals surface area contributed by atoms with Gasteiger partial charge in [-0.05, 0) is 59.7 Å². The van der Waals surface area contributed by atoms with E-state index in [1.807, 2.05) is 6.92 Å². The van der Waals surface area contributed by atoms with Crippen LogP contribution in [0.1, 0.15) is 35.1 Å². The number of ether oxygens (including phenoxy) is 1. The monoisotopic (exact) mass is 433 g/mol. The van der Waals surface area contributed by atoms with Crippen LogP contribution >= 0.6 is 0 Å². The molecule has 9 nitrogen and oxygen atoms in total. The zero-order valence-electron chi connectivity index (χ0n) is 16.4. The maximum Gasteiger partial charge on any atom is 0.340 e. The lowest BCUT2D eigenvalue weighted by Crippen LogP contribution is -2.18. The van der Waals surface area contributed by atoms with Crippen molar-refractivity contribution in [3.63, 3.8) is 0 Å². The van der Waals surface area contributed by atoms with Crippen molar-refractivity contribution in [2.45, 2.75) is 38.3 Å². The Balaban J connectivity index is 1.80. The fourth-order valence-electron chi connectivity index (χ4n) is 2.78. The first-order valence-corrected chi connectivity index (χ1v) is 10.6. The number of benzene rings is 2. The average molecular weight is 433 g/mol. The Bertz CT molecular complexity index is 1160. The number of hydrogen-bond donors (Lipinski definition) is 1. The normalized spacial score (nSPS) is 11.3. The number of carbonyl (C=O) groups excluding carboxylic acids is 1. The third-order valence-corrected chi connectivity index (χ3v) is 5.72. The van der Waals surface area contributed by atoms with Crippen LogP contribution in [-0.2, 0) is 27.9 Å². The molecule has 1 heterocycles. The molecular formula is C19H20FN5O4S. The predicted molar refractivity (Wildman–Crippen MR) is 106 cm³/mol. The number of anilines is 1. The van der Waals surface area contributed by atoms with Crippen molar-refractivity contribution >= 4 is 21.7 Å². The molecule has 0 fully saturated rings. The predicted octanol–water partition coefficient (Wildman–Crippen LogP) is 2.69. The molecule has 0 saturated heterocycles. The number of aryl methyl sites for hydroxylation is 2. The second-order valence-corrected chi connectivity index (χ2v) is 8.11. The Morgan fingerprint density at radius 1 is 1.23 bits per heavy atom. The van der Waals surface area contributed by atoms with E-state index in [0.717, 1.165) is 18.6 Å². The molecule has 0 aliphatic heterocycles. The summed E-state index contributed by atoms with van der Waals surface area (Å²) >= 11 is 0. The van der Waals surface area contributed by atoms with Gasteiger partial charge in [-0.2, -0.15) is 0 Å². The minimum Gasteiger partial charge on any atom is -0.454 e. The highest BCUT2D eigenvalue weighted by Gasteiger charge is 2.21. The first-order valence-electron chi connectivity index (χ1n) is 9.12. The number of rotatable bonds is 8. The van der Waals surface area contributed by atoms with Crippen molar-refractivity contribution in [3.8, 4) is 0 Å². The van der Waals surface area contributed by atoms with Gasteiger partial charge in [-0.1, -0.05) is 19.1 Å². The van der Waals surface area contributed by atoms with Crippen molar-refractivity contribution in [3.05, 3.63) is 65.2 Å². The number of nitrogens with one attached hydrogen (secondary N) is 1. The topological polar surface area (TPSA) is 116 Å². The van der Waals surface area contributed by atoms with Crippen molar-refractivity contribution < 1.29 is 22.3 Å². The molecule has 0 aliphatic rings. The smallest absolute Gasteiger partial charge is 0.340 e. The largest absolute Gasteiger partial charge is 0.454 e. The van der Waals surface area contributed by atoms with Crippen molar-refractivity contribution in [2.24, 2.45) is 0 Å². The molecule has 3 aromatic rings. The van der Waals surface area contributed by atoms with E-state index in [9.17, 15) is 17.6 Å². The second kappa shape index (κ2) is 8.99. The van der Waals surface area contributed by atoms with Crippen LogP contribution in [0.2, 0.25) is 0 Å². The Hall–Kier alpha value is -3.34. The van der Waals surface area contributed by atoms with Gasteiger partial charge >= 0.3 is 5.97 Å². The summed E-state index contributed by atoms with van der Waals surface area (Å²) in [5, 5.41) is 11.2. The number of carbonyl (C=O) groups is 1. The molecule has 11 heteroatoms. The van der Waals surface area contributed by atoms with E-state index in [-0.39, 0.29) is 28.3 Å². The van der Waals surface area contributed by atoms with Gasteiger partial charge in [0.05, 0.1) is 16.1 Å². The molecule has 1 aromatic heterocycles. The number of nitrogens with zero attached hydrogens (tertiary/aromatic N) is 4. The molecule has 1 N–H and O–H groups in total. The maximum atomic E-state index is 13.3. The molecule has 0 saturated carbocycles. The second-order valence-electron chi connectivity index (χ2n) is 6.46. The van der Waals surface area contributed by atoms with Crippen molar-refractivity contribution in [1.29, 1.82) is 0 Å². The Labute approximate surface area is 172 Å². The van der Waals surface area contributed by atoms with Gasteiger partial charge in [0.15, 0.2) is 12.4 Å². The van der Waals surface area contributed by atoms with Crippen LogP contribution in [0.5, 0.6) is 0 Å². The van der Waals surface area contributed by atoms with Crippen LogP contribution in [0.3, 0.4) is 0 Å². The highest BCUT2D eigenvalue weighted by molar-refractivity contribution is 7.92. The molecule has 0 amide bonds. The number of esters is 1. The molecule has 2 aromatic carbocycles. The summed E-state index contributed by atoms with van der Waals surface area (Å²) in [7, 11) is -4.05. The van der Waals surface area contributed by atoms with Crippen LogP contribution < -0.4 is 4.72 Å². The van der Waals surface area contributed by atoms with E-state index in [2.05, 4.69) is 20.2 Å². The first kappa shape index (κ1) is 21.4. The van der Waals surface area contributed by atoms with Gasteiger partial charge in [-0.25, -0.2) is 22.3 Å². The highest BCUT2D eigenvalue weighted by atomic mass is 32.2. The number of halogens is 1. The standard InChI is InChI=1S/C19H20FN5O4S/c1-3-10-25-18(21-23-24-25)12-29-19(26)15-6-4-5-7-16(15)22-30(27,28)17-9-8-14(20)11-13(17)2/h4-9,11,22H,3,10,12H2,1-2H3. The molecule has 3 rings (SSSR count). The quantitative estimate of drug-likeness (QED) is 0.543. The van der Waals surface area contributed by atoms with Gasteiger partial charge in [0.25, 0.3) is 10.0 Å². The van der Waals surface area contributed by atoms with Crippen LogP contribution in [0.15, 0.2) is 47.4 Å². The summed E-state index contributed by atoms with van der Waals surface area (Å²) < 4.78 is 48.0. The van der Waals surface area contributed by atoms with Crippen LogP contribution in [-0.4, -0.2) is 34.6 Å². The third kappa shape index (κ3) is 4.79. The van der Waals surface area contributed by atoms with E-state index >= 15 is 0 Å². The summed E-state index contributed by atoms with van der Waals surface area (Å²) in [5.41, 5.74) is 0.306. The van der Waals surface area contributed by atoms with Crippen molar-refractivity contribution in [1.82, 2.24) is 20.2 Å². The Morgan fingerprint density at radius 3 is 2.73 bits per heavy atom. The van der Waals surface area contributed by atoms with Gasteiger partial charge in [0.1, 0.15) is 5.82 Å². The lowest BCUT2D eigenvalue weighted by molar-refractivity contribution is 0.0457. The van der Waals surface area contributed by atoms with E-state index in [0.29, 0.717) is 12.4 Å². The van der Waals surface area contributed by atoms with Gasteiger partial charge in [-0.3, -0.25) is 4.72 Å². The first-order chi connectivity index (χ1) is 14.3. The van der Waals surface area contributed by atoms with Crippen molar-refractivity contribution in [2.75, 3.05) is 4.72 Å². The summed E-state index contributed by atoms with van der Waals surface area (Å²) in [5.74, 6) is -0.902. The van der Waals surface area contributed by atoms with Gasteiger partial charge in [-0.15, -0.1) is 5.10 Å². The van der Waals surface area contributed by atoms with E-state index < -0.39 is 21.8 Å². The number of hydrogen-bond acceptors (Lipinski definition) is 7. The Morgan fingerprint density at radius 2 is 2.00 bits per heavy atom. The fraction of sp³-hybridized carbons (Fsp3) is 0.263. The van der Waals surface area contributed by atoms with Crippen LogP contribution in [0.4, 0.5) is 10.1 Å². The maximum absolute atomic E-state index is 13.3. The Kier molecular flexibility index (Phi) is 6.40. The average Bonchev–Trinajstić information content (AvgIpc) is 3.13. The third-order valence-electron chi connectivity index (χ3n) is 4.19. The summed E-state index contributed by atoms with van der Waals surface area (Å²) in [4.78, 5) is 12.5. The summed E-state index contributed by atoms with van der Waals surface area (Å²) in [6, 6.07) is 9.38. The van der Waals surface area contributed by atoms with E-state index in [4.69, 9.17) is 4.74 Å². The lowest BCUT2D eigenvalue weighted by atomic mass is 10.2. The zero-order valence-corrected chi connectivity index (χ0v) is 17.2. The van der Waals surface area contributed by atoms with Gasteiger partial charge in [0, 0.05) is 6.54 Å². The SMILES string of the molecule is CCCn1nnnc1COC(=O)c1ccccc1NS(=O)(=O)c1ccc(F)cc1C. The lowest BCUT2D eigenvalue weighted by Gasteiger charge is -2.13. The molecule has 0 spiro atoms. The molecule has 0 bridgehead atoms. The summed E-state index contributed by atoms with van der Waals surface area (Å²) in [6.45, 7) is 3.86. The summed E-state index contributed by atoms with van der Waals surface area (Å²) in [6.07, 6.45) is 0.805.